The second-order valence-corrected chi connectivity index (χ2v) is 2.76. The fourth-order valence-corrected chi connectivity index (χ4v) is 1.20. The number of amides is 1. The van der Waals surface area contributed by atoms with E-state index in [2.05, 4.69) is 11.4 Å². The van der Waals surface area contributed by atoms with Gasteiger partial charge in [0.05, 0.1) is 12.6 Å². The molecule has 0 fully saturated rings. The van der Waals surface area contributed by atoms with Gasteiger partial charge in [0, 0.05) is 6.54 Å². The van der Waals surface area contributed by atoms with E-state index in [1.165, 1.54) is 0 Å². The maximum absolute atomic E-state index is 11.4. The van der Waals surface area contributed by atoms with Crippen LogP contribution in [0.2, 0.25) is 0 Å². The average molecular weight is 183 g/mol. The highest BCUT2D eigenvalue weighted by atomic mass is 16.2. The second-order valence-electron chi connectivity index (χ2n) is 2.76. The van der Waals surface area contributed by atoms with Crippen molar-refractivity contribution in [3.63, 3.8) is 0 Å². The largest absolute Gasteiger partial charge is 0.326 e. The lowest BCUT2D eigenvalue weighted by molar-refractivity contribution is -0.131. The average Bonchev–Trinajstić information content (AvgIpc) is 2.14. The molecule has 0 rings (SSSR count). The smallest absolute Gasteiger partial charge is 0.237 e. The first-order valence-corrected chi connectivity index (χ1v) is 4.54. The Kier molecular flexibility index (Phi) is 5.90. The minimum atomic E-state index is -0.286. The lowest BCUT2D eigenvalue weighted by atomic mass is 10.2. The Hall–Kier alpha value is -1.08. The van der Waals surface area contributed by atoms with Crippen molar-refractivity contribution in [2.24, 2.45) is 0 Å². The Balaban J connectivity index is 4.31. The van der Waals surface area contributed by atoms with E-state index in [-0.39, 0.29) is 11.9 Å². The number of nitrogens with zero attached hydrogens (tertiary/aromatic N) is 2. The lowest BCUT2D eigenvalue weighted by Gasteiger charge is -2.24. The zero-order valence-electron chi connectivity index (χ0n) is 8.50. The normalized spacial score (nSPS) is 11.8. The van der Waals surface area contributed by atoms with Crippen molar-refractivity contribution in [1.82, 2.24) is 10.2 Å². The molecule has 0 saturated heterocycles. The molecule has 0 radical (unpaired) electrons. The van der Waals surface area contributed by atoms with Gasteiger partial charge in [-0.25, -0.2) is 0 Å². The van der Waals surface area contributed by atoms with Crippen LogP contribution < -0.4 is 5.32 Å². The number of hydrogen-bond donors (Lipinski definition) is 1. The van der Waals surface area contributed by atoms with Gasteiger partial charge >= 0.3 is 0 Å². The lowest BCUT2D eigenvalue weighted by Crippen LogP contribution is -2.43. The Morgan fingerprint density at radius 2 is 2.23 bits per heavy atom. The summed E-state index contributed by atoms with van der Waals surface area (Å²) < 4.78 is 0. The monoisotopic (exact) mass is 183 g/mol. The molecule has 4 heteroatoms. The van der Waals surface area contributed by atoms with Crippen molar-refractivity contribution in [1.29, 1.82) is 5.26 Å². The standard InChI is InChI=1S/C9H17N3O/c1-4-8(6-10)12(5-2)9(13)7-11-3/h8,11H,4-5,7H2,1-3H3/t8-/m0/s1. The van der Waals surface area contributed by atoms with Crippen LogP contribution in [0.3, 0.4) is 0 Å². The second kappa shape index (κ2) is 6.44. The summed E-state index contributed by atoms with van der Waals surface area (Å²) in [5.74, 6) is -0.0154. The van der Waals surface area contributed by atoms with Crippen LogP contribution in [0.25, 0.3) is 0 Å². The molecule has 1 N–H and O–H groups in total. The molecule has 1 amide bonds. The summed E-state index contributed by atoms with van der Waals surface area (Å²) in [4.78, 5) is 13.0. The molecule has 0 aliphatic rings. The summed E-state index contributed by atoms with van der Waals surface area (Å²) in [5.41, 5.74) is 0. The molecule has 0 aromatic carbocycles. The van der Waals surface area contributed by atoms with Crippen LogP contribution >= 0.6 is 0 Å². The van der Waals surface area contributed by atoms with Crippen LogP contribution in [-0.2, 0) is 4.79 Å². The van der Waals surface area contributed by atoms with Crippen LogP contribution in [0.4, 0.5) is 0 Å². The number of nitrogens with one attached hydrogen (secondary N) is 1. The molecule has 0 saturated carbocycles. The molecular weight excluding hydrogens is 166 g/mol. The van der Waals surface area contributed by atoms with E-state index in [1.54, 1.807) is 11.9 Å². The van der Waals surface area contributed by atoms with Crippen molar-refractivity contribution in [2.45, 2.75) is 26.3 Å². The molecule has 0 aromatic rings. The molecule has 0 bridgehead atoms. The molecule has 0 heterocycles. The molecular formula is C9H17N3O. The highest BCUT2D eigenvalue weighted by Crippen LogP contribution is 2.02. The summed E-state index contributed by atoms with van der Waals surface area (Å²) in [6.07, 6.45) is 0.680. The molecule has 0 aliphatic carbocycles. The number of carbonyl (C=O) groups is 1. The summed E-state index contributed by atoms with van der Waals surface area (Å²) in [5, 5.41) is 11.6. The predicted octanol–water partition coefficient (Wildman–Crippen LogP) is 0.356. The first kappa shape index (κ1) is 11.9. The van der Waals surface area contributed by atoms with E-state index in [4.69, 9.17) is 5.26 Å². The molecule has 0 unspecified atom stereocenters. The van der Waals surface area contributed by atoms with Gasteiger partial charge in [0.25, 0.3) is 0 Å². The van der Waals surface area contributed by atoms with E-state index < -0.39 is 0 Å². The summed E-state index contributed by atoms with van der Waals surface area (Å²) in [6, 6.07) is 1.83. The van der Waals surface area contributed by atoms with Gasteiger partial charge in [0.1, 0.15) is 6.04 Å². The zero-order valence-corrected chi connectivity index (χ0v) is 8.50. The Bertz CT molecular complexity index is 198. The minimum absolute atomic E-state index is 0.0154. The summed E-state index contributed by atoms with van der Waals surface area (Å²) >= 11 is 0. The van der Waals surface area contributed by atoms with Crippen LogP contribution in [0, 0.1) is 11.3 Å². The van der Waals surface area contributed by atoms with E-state index in [0.717, 1.165) is 0 Å². The van der Waals surface area contributed by atoms with E-state index in [0.29, 0.717) is 19.5 Å². The quantitative estimate of drug-likeness (QED) is 0.669. The van der Waals surface area contributed by atoms with Gasteiger partial charge in [-0.15, -0.1) is 0 Å². The van der Waals surface area contributed by atoms with Crippen LogP contribution in [0.5, 0.6) is 0 Å². The number of hydrogen-bond acceptors (Lipinski definition) is 3. The van der Waals surface area contributed by atoms with Gasteiger partial charge in [-0.1, -0.05) is 6.92 Å². The van der Waals surface area contributed by atoms with E-state index >= 15 is 0 Å². The van der Waals surface area contributed by atoms with Gasteiger partial charge in [0.2, 0.25) is 5.91 Å². The topological polar surface area (TPSA) is 56.1 Å². The van der Waals surface area contributed by atoms with Crippen molar-refractivity contribution >= 4 is 5.91 Å². The van der Waals surface area contributed by atoms with Crippen molar-refractivity contribution in [3.8, 4) is 6.07 Å². The predicted molar refractivity (Wildman–Crippen MR) is 51.0 cm³/mol. The molecule has 1 atom stereocenters. The highest BCUT2D eigenvalue weighted by Gasteiger charge is 2.18. The van der Waals surface area contributed by atoms with E-state index in [1.807, 2.05) is 13.8 Å². The van der Waals surface area contributed by atoms with E-state index in [9.17, 15) is 4.79 Å². The first-order valence-electron chi connectivity index (χ1n) is 4.54. The zero-order chi connectivity index (χ0) is 10.3. The molecule has 13 heavy (non-hydrogen) atoms. The summed E-state index contributed by atoms with van der Waals surface area (Å²) in [7, 11) is 1.72. The Morgan fingerprint density at radius 1 is 1.62 bits per heavy atom. The maximum Gasteiger partial charge on any atom is 0.237 e. The third kappa shape index (κ3) is 3.43. The molecule has 0 aromatic heterocycles. The molecule has 74 valence electrons. The Morgan fingerprint density at radius 3 is 2.54 bits per heavy atom. The molecule has 0 spiro atoms. The van der Waals surface area contributed by atoms with Crippen LogP contribution in [0.15, 0.2) is 0 Å². The molecule has 4 nitrogen and oxygen atoms in total. The third-order valence-electron chi connectivity index (χ3n) is 1.90. The van der Waals surface area contributed by atoms with Gasteiger partial charge in [-0.3, -0.25) is 4.79 Å². The first-order chi connectivity index (χ1) is 6.21. The van der Waals surface area contributed by atoms with Crippen LogP contribution in [0.1, 0.15) is 20.3 Å². The van der Waals surface area contributed by atoms with Crippen molar-refractivity contribution < 1.29 is 4.79 Å². The summed E-state index contributed by atoms with van der Waals surface area (Å²) in [6.45, 7) is 4.68. The van der Waals surface area contributed by atoms with Gasteiger partial charge < -0.3 is 10.2 Å². The number of likely N-dealkylation sites (N-methyl/N-ethyl adjacent to an activating group) is 2. The van der Waals surface area contributed by atoms with Crippen molar-refractivity contribution in [2.75, 3.05) is 20.1 Å². The van der Waals surface area contributed by atoms with Gasteiger partial charge in [-0.2, -0.15) is 5.26 Å². The number of carbonyl (C=O) groups excluding carboxylic acids is 1. The van der Waals surface area contributed by atoms with Crippen molar-refractivity contribution in [3.05, 3.63) is 0 Å². The van der Waals surface area contributed by atoms with Gasteiger partial charge in [-0.05, 0) is 20.4 Å². The molecule has 0 aliphatic heterocycles. The van der Waals surface area contributed by atoms with Gasteiger partial charge in [0.15, 0.2) is 0 Å². The van der Waals surface area contributed by atoms with Crippen LogP contribution in [-0.4, -0.2) is 37.0 Å². The highest BCUT2D eigenvalue weighted by molar-refractivity contribution is 5.78. The number of rotatable bonds is 5. The minimum Gasteiger partial charge on any atom is -0.326 e. The third-order valence-corrected chi connectivity index (χ3v) is 1.90. The fraction of sp³-hybridized carbons (Fsp3) is 0.778. The SMILES string of the molecule is CC[C@@H](C#N)N(CC)C(=O)CNC. The number of nitriles is 1. The maximum atomic E-state index is 11.4. The Labute approximate surface area is 79.5 Å². The fourth-order valence-electron chi connectivity index (χ4n) is 1.20.